The number of carbonyl (C=O) groups is 1. The molecule has 1 amide bonds. The molecule has 14 heteroatoms. The lowest BCUT2D eigenvalue weighted by atomic mass is 10.2. The molecule has 0 aliphatic heterocycles. The van der Waals surface area contributed by atoms with Crippen LogP contribution in [-0.4, -0.2) is 44.5 Å². The van der Waals surface area contributed by atoms with Gasteiger partial charge in [-0.25, -0.2) is 24.7 Å². The Hall–Kier alpha value is -5.14. The Morgan fingerprint density at radius 2 is 1.78 bits per heavy atom. The second-order valence-electron chi connectivity index (χ2n) is 9.51. The van der Waals surface area contributed by atoms with Gasteiger partial charge in [0.25, 0.3) is 5.56 Å². The van der Waals surface area contributed by atoms with Crippen molar-refractivity contribution >= 4 is 22.9 Å². The van der Waals surface area contributed by atoms with Crippen LogP contribution in [0.1, 0.15) is 37.2 Å². The number of carbonyl (C=O) groups excluding carboxylic acids is 1. The van der Waals surface area contributed by atoms with E-state index in [1.165, 1.54) is 28.6 Å². The van der Waals surface area contributed by atoms with Gasteiger partial charge in [-0.3, -0.25) is 23.7 Å². The molecule has 0 spiro atoms. The first-order valence-corrected chi connectivity index (χ1v) is 12.5. The summed E-state index contributed by atoms with van der Waals surface area (Å²) < 4.78 is 30.7. The number of pyridine rings is 2. The van der Waals surface area contributed by atoms with E-state index in [0.29, 0.717) is 29.7 Å². The summed E-state index contributed by atoms with van der Waals surface area (Å²) in [6.07, 6.45) is 4.04. The Morgan fingerprint density at radius 1 is 1.05 bits per heavy atom. The van der Waals surface area contributed by atoms with Gasteiger partial charge in [0.2, 0.25) is 5.91 Å². The van der Waals surface area contributed by atoms with E-state index in [4.69, 9.17) is 0 Å². The van der Waals surface area contributed by atoms with Gasteiger partial charge in [-0.2, -0.15) is 8.78 Å². The number of imidazole rings is 1. The number of hydrogen-bond acceptors (Lipinski definition) is 8. The maximum Gasteiger partial charge on any atom is 0.332 e. The fourth-order valence-corrected chi connectivity index (χ4v) is 4.42. The average Bonchev–Trinajstić information content (AvgIpc) is 3.31. The summed E-state index contributed by atoms with van der Waals surface area (Å²) in [5.74, 6) is -3.75. The van der Waals surface area contributed by atoms with Gasteiger partial charge < -0.3 is 9.88 Å². The molecule has 5 heterocycles. The van der Waals surface area contributed by atoms with Crippen molar-refractivity contribution in [1.29, 1.82) is 0 Å². The minimum atomic E-state index is -3.18. The monoisotopic (exact) mass is 561 g/mol. The lowest BCUT2D eigenvalue weighted by molar-refractivity contribution is -0.118. The SMILES string of the molecule is Cc1nc2c(c(=O)n(Cc3ccccn3)c(=O)n2C)n1[C@@H](C)C(=O)Nc1cccc(-c2cnc(C(C)(F)F)nc2)n1. The van der Waals surface area contributed by atoms with Crippen LogP contribution in [0.3, 0.4) is 0 Å². The topological polar surface area (TPSA) is 142 Å². The Labute approximate surface area is 231 Å². The van der Waals surface area contributed by atoms with Gasteiger partial charge >= 0.3 is 11.6 Å². The number of amides is 1. The highest BCUT2D eigenvalue weighted by Gasteiger charge is 2.28. The molecular weight excluding hydrogens is 536 g/mol. The molecule has 0 saturated carbocycles. The quantitative estimate of drug-likeness (QED) is 0.320. The van der Waals surface area contributed by atoms with Crippen molar-refractivity contribution in [3.63, 3.8) is 0 Å². The summed E-state index contributed by atoms with van der Waals surface area (Å²) in [6.45, 7) is 3.89. The Morgan fingerprint density at radius 3 is 2.44 bits per heavy atom. The lowest BCUT2D eigenvalue weighted by Gasteiger charge is -2.17. The molecule has 0 saturated heterocycles. The van der Waals surface area contributed by atoms with E-state index < -0.39 is 34.9 Å². The lowest BCUT2D eigenvalue weighted by Crippen LogP contribution is -2.40. The smallest absolute Gasteiger partial charge is 0.310 e. The third-order valence-corrected chi connectivity index (χ3v) is 6.51. The molecule has 1 N–H and O–H groups in total. The number of hydrogen-bond donors (Lipinski definition) is 1. The summed E-state index contributed by atoms with van der Waals surface area (Å²) in [4.78, 5) is 60.4. The number of anilines is 1. The number of fused-ring (bicyclic) bond motifs is 1. The predicted molar refractivity (Wildman–Crippen MR) is 145 cm³/mol. The van der Waals surface area contributed by atoms with Crippen LogP contribution in [0.25, 0.3) is 22.4 Å². The normalized spacial score (nSPS) is 12.4. The van der Waals surface area contributed by atoms with Gasteiger partial charge in [-0.15, -0.1) is 0 Å². The van der Waals surface area contributed by atoms with Crippen LogP contribution in [0.5, 0.6) is 0 Å². The molecule has 210 valence electrons. The number of halogens is 2. The summed E-state index contributed by atoms with van der Waals surface area (Å²) >= 11 is 0. The summed E-state index contributed by atoms with van der Waals surface area (Å²) in [5.41, 5.74) is 0.344. The average molecular weight is 562 g/mol. The van der Waals surface area contributed by atoms with E-state index in [-0.39, 0.29) is 23.5 Å². The van der Waals surface area contributed by atoms with Crippen molar-refractivity contribution in [2.45, 2.75) is 39.3 Å². The molecule has 0 aromatic carbocycles. The Kier molecular flexibility index (Phi) is 6.99. The Balaban J connectivity index is 1.46. The molecule has 0 radical (unpaired) electrons. The molecule has 12 nitrogen and oxygen atoms in total. The molecule has 0 aliphatic rings. The van der Waals surface area contributed by atoms with Crippen molar-refractivity contribution in [2.75, 3.05) is 5.32 Å². The van der Waals surface area contributed by atoms with Crippen LogP contribution in [0.2, 0.25) is 0 Å². The van der Waals surface area contributed by atoms with Crippen molar-refractivity contribution < 1.29 is 13.6 Å². The van der Waals surface area contributed by atoms with Crippen LogP contribution >= 0.6 is 0 Å². The van der Waals surface area contributed by atoms with Crippen LogP contribution < -0.4 is 16.6 Å². The first-order chi connectivity index (χ1) is 19.5. The maximum atomic E-state index is 13.6. The minimum Gasteiger partial charge on any atom is -0.310 e. The van der Waals surface area contributed by atoms with E-state index in [1.807, 2.05) is 0 Å². The van der Waals surface area contributed by atoms with E-state index in [9.17, 15) is 23.2 Å². The number of alkyl halides is 2. The molecule has 5 rings (SSSR count). The van der Waals surface area contributed by atoms with E-state index >= 15 is 0 Å². The molecule has 5 aromatic rings. The molecule has 0 bridgehead atoms. The third-order valence-electron chi connectivity index (χ3n) is 6.51. The van der Waals surface area contributed by atoms with Crippen LogP contribution in [0.4, 0.5) is 14.6 Å². The fourth-order valence-electron chi connectivity index (χ4n) is 4.42. The van der Waals surface area contributed by atoms with E-state index in [1.54, 1.807) is 56.4 Å². The summed E-state index contributed by atoms with van der Waals surface area (Å²) in [7, 11) is 1.51. The van der Waals surface area contributed by atoms with E-state index in [0.717, 1.165) is 4.57 Å². The van der Waals surface area contributed by atoms with Crippen molar-refractivity contribution in [3.8, 4) is 11.3 Å². The zero-order valence-corrected chi connectivity index (χ0v) is 22.5. The molecule has 5 aromatic heterocycles. The molecule has 1 atom stereocenters. The van der Waals surface area contributed by atoms with Gasteiger partial charge in [-0.05, 0) is 38.1 Å². The van der Waals surface area contributed by atoms with Gasteiger partial charge in [0, 0.05) is 38.1 Å². The largest absolute Gasteiger partial charge is 0.332 e. The van der Waals surface area contributed by atoms with Crippen LogP contribution in [-0.2, 0) is 24.3 Å². The minimum absolute atomic E-state index is 0.0512. The second kappa shape index (κ2) is 10.4. The summed E-state index contributed by atoms with van der Waals surface area (Å²) in [6, 6.07) is 9.09. The first kappa shape index (κ1) is 27.4. The van der Waals surface area contributed by atoms with Crippen molar-refractivity contribution in [3.05, 3.63) is 93.2 Å². The number of aromatic nitrogens is 8. The van der Waals surface area contributed by atoms with Gasteiger partial charge in [-0.1, -0.05) is 12.1 Å². The van der Waals surface area contributed by atoms with E-state index in [2.05, 4.69) is 30.2 Å². The van der Waals surface area contributed by atoms with Gasteiger partial charge in [0.1, 0.15) is 17.7 Å². The number of nitrogens with one attached hydrogen (secondary N) is 1. The molecule has 41 heavy (non-hydrogen) atoms. The standard InChI is InChI=1S/C27H25F2N9O3/c1-15(23(39)35-20-10-7-9-19(34-20)17-12-31-25(32-13-17)27(3,28)29)38-16(2)33-22-21(38)24(40)37(26(41)36(22)4)14-18-8-5-6-11-30-18/h5-13,15H,14H2,1-4H3,(H,34,35,39)/t15-/m0/s1. The predicted octanol–water partition coefficient (Wildman–Crippen LogP) is 2.81. The zero-order chi connectivity index (χ0) is 29.5. The number of nitrogens with zero attached hydrogens (tertiary/aromatic N) is 8. The summed E-state index contributed by atoms with van der Waals surface area (Å²) in [5, 5.41) is 2.72. The van der Waals surface area contributed by atoms with Crippen molar-refractivity contribution in [1.82, 2.24) is 38.6 Å². The van der Waals surface area contributed by atoms with Crippen LogP contribution in [0, 0.1) is 6.92 Å². The molecule has 0 aliphatic carbocycles. The van der Waals surface area contributed by atoms with Crippen LogP contribution in [0.15, 0.2) is 64.6 Å². The highest BCUT2D eigenvalue weighted by molar-refractivity contribution is 5.94. The third kappa shape index (κ3) is 5.23. The molecule has 0 unspecified atom stereocenters. The fraction of sp³-hybridized carbons (Fsp3) is 0.259. The number of aryl methyl sites for hydroxylation is 2. The molecule has 0 fully saturated rings. The van der Waals surface area contributed by atoms with Gasteiger partial charge in [0.15, 0.2) is 17.0 Å². The zero-order valence-electron chi connectivity index (χ0n) is 22.5. The highest BCUT2D eigenvalue weighted by Crippen LogP contribution is 2.25. The maximum absolute atomic E-state index is 13.6. The first-order valence-electron chi connectivity index (χ1n) is 12.5. The van der Waals surface area contributed by atoms with Gasteiger partial charge in [0.05, 0.1) is 17.9 Å². The second-order valence-corrected chi connectivity index (χ2v) is 9.51. The molecular formula is C27H25F2N9O3. The van der Waals surface area contributed by atoms with Crippen molar-refractivity contribution in [2.24, 2.45) is 7.05 Å². The highest BCUT2D eigenvalue weighted by atomic mass is 19.3. The Bertz CT molecular complexity index is 1880. The number of rotatable bonds is 7.